The van der Waals surface area contributed by atoms with E-state index >= 15 is 0 Å². The van der Waals surface area contributed by atoms with Crippen LogP contribution < -0.4 is 0 Å². The van der Waals surface area contributed by atoms with E-state index in [1.165, 1.54) is 55.7 Å². The Labute approximate surface area is 200 Å². The number of ketones is 1. The molecule has 4 aromatic rings. The van der Waals surface area contributed by atoms with Crippen LogP contribution in [0.4, 0.5) is 0 Å². The predicted octanol–water partition coefficient (Wildman–Crippen LogP) is 6.85. The first-order chi connectivity index (χ1) is 15.0. The second-order valence-electron chi connectivity index (χ2n) is 8.46. The molecule has 0 amide bonds. The Kier molecular flexibility index (Phi) is 6.32. The molecule has 2 aliphatic rings. The fraction of sp³-hybridized carbons (Fsp3) is 0.259. The van der Waals surface area contributed by atoms with Gasteiger partial charge < -0.3 is 9.52 Å². The zero-order chi connectivity index (χ0) is 21.5. The number of pyridine rings is 1. The molecule has 4 nitrogen and oxygen atoms in total. The van der Waals surface area contributed by atoms with Crippen LogP contribution in [0, 0.1) is 6.07 Å². The molecule has 2 aliphatic carbocycles. The number of fused-ring (bicyclic) bond motifs is 8. The molecular formula is C27H24IrNO3-. The number of rotatable bonds is 2. The van der Waals surface area contributed by atoms with Gasteiger partial charge >= 0.3 is 0 Å². The number of para-hydroxylation sites is 2. The van der Waals surface area contributed by atoms with Gasteiger partial charge in [-0.15, -0.1) is 17.5 Å². The van der Waals surface area contributed by atoms with E-state index < -0.39 is 0 Å². The quantitative estimate of drug-likeness (QED) is 0.155. The Balaban J connectivity index is 0.000000271. The molecule has 6 rings (SSSR count). The number of nitrogens with zero attached hydrogens (tertiary/aromatic N) is 1. The minimum absolute atomic E-state index is 0. The maximum absolute atomic E-state index is 10.0. The number of aliphatic hydroxyl groups excluding tert-OH is 1. The topological polar surface area (TPSA) is 63.3 Å². The van der Waals surface area contributed by atoms with Crippen LogP contribution in [0.2, 0.25) is 0 Å². The largest absolute Gasteiger partial charge is 0.518 e. The van der Waals surface area contributed by atoms with Crippen molar-refractivity contribution in [1.29, 1.82) is 0 Å². The monoisotopic (exact) mass is 603 g/mol. The van der Waals surface area contributed by atoms with Crippen LogP contribution in [0.15, 0.2) is 64.8 Å². The Bertz CT molecular complexity index is 1300. The fourth-order valence-electron chi connectivity index (χ4n) is 5.10. The summed E-state index contributed by atoms with van der Waals surface area (Å²) in [4.78, 5) is 15.0. The normalized spacial score (nSPS) is 18.8. The first-order valence-electron chi connectivity index (χ1n) is 10.7. The molecule has 2 aromatic carbocycles. The van der Waals surface area contributed by atoms with Gasteiger partial charge in [-0.2, -0.15) is 0 Å². The van der Waals surface area contributed by atoms with Gasteiger partial charge in [0.2, 0.25) is 0 Å². The standard InChI is InChI=1S/C22H16NO.C5H8O2.Ir/c1-4-8-18-13(5-1)12-19(24-18)22-21-15-10-9-14(11-15)20(21)16-6-2-3-7-17(16)23-22;1-4(6)3-5(2)7;/h1-8,14-15H,9-11H2;3,6H,1-2H3;/q-1;;. The molecule has 0 spiro atoms. The van der Waals surface area contributed by atoms with Crippen molar-refractivity contribution in [1.82, 2.24) is 4.98 Å². The minimum Gasteiger partial charge on any atom is -0.518 e. The Hall–Kier alpha value is -2.75. The van der Waals surface area contributed by atoms with E-state index in [0.717, 1.165) is 27.9 Å². The third kappa shape index (κ3) is 4.03. The molecule has 0 aliphatic heterocycles. The molecule has 1 radical (unpaired) electrons. The van der Waals surface area contributed by atoms with Crippen LogP contribution in [0.1, 0.15) is 56.1 Å². The molecule has 1 N–H and O–H groups in total. The number of benzene rings is 2. The summed E-state index contributed by atoms with van der Waals surface area (Å²) < 4.78 is 6.12. The van der Waals surface area contributed by atoms with Crippen LogP contribution in [0.3, 0.4) is 0 Å². The van der Waals surface area contributed by atoms with Crippen molar-refractivity contribution >= 4 is 27.7 Å². The average molecular weight is 603 g/mol. The molecule has 2 unspecified atom stereocenters. The van der Waals surface area contributed by atoms with Gasteiger partial charge in [-0.05, 0) is 56.6 Å². The van der Waals surface area contributed by atoms with Crippen molar-refractivity contribution in [2.75, 3.05) is 0 Å². The first kappa shape index (κ1) is 22.4. The van der Waals surface area contributed by atoms with E-state index in [0.29, 0.717) is 11.8 Å². The second-order valence-corrected chi connectivity index (χ2v) is 8.46. The summed E-state index contributed by atoms with van der Waals surface area (Å²) in [6.07, 6.45) is 5.04. The van der Waals surface area contributed by atoms with Crippen molar-refractivity contribution in [3.05, 3.63) is 77.6 Å². The molecule has 1 fully saturated rings. The van der Waals surface area contributed by atoms with Gasteiger partial charge in [-0.25, -0.2) is 0 Å². The van der Waals surface area contributed by atoms with E-state index in [4.69, 9.17) is 14.5 Å². The van der Waals surface area contributed by atoms with Gasteiger partial charge in [0, 0.05) is 42.8 Å². The number of carbonyl (C=O) groups is 1. The van der Waals surface area contributed by atoms with Gasteiger partial charge in [0.25, 0.3) is 0 Å². The molecule has 32 heavy (non-hydrogen) atoms. The van der Waals surface area contributed by atoms with Gasteiger partial charge in [0.05, 0.1) is 17.0 Å². The molecular weight excluding hydrogens is 579 g/mol. The number of hydrogen-bond acceptors (Lipinski definition) is 4. The maximum atomic E-state index is 10.0. The van der Waals surface area contributed by atoms with Gasteiger partial charge in [0.1, 0.15) is 0 Å². The van der Waals surface area contributed by atoms with Crippen LogP contribution in [0.25, 0.3) is 33.3 Å². The summed E-state index contributed by atoms with van der Waals surface area (Å²) in [5.74, 6) is 2.07. The number of furan rings is 1. The van der Waals surface area contributed by atoms with Crippen molar-refractivity contribution in [3.63, 3.8) is 0 Å². The van der Waals surface area contributed by atoms with Crippen molar-refractivity contribution in [3.8, 4) is 11.5 Å². The molecule has 2 atom stereocenters. The predicted molar refractivity (Wildman–Crippen MR) is 122 cm³/mol. The van der Waals surface area contributed by atoms with Gasteiger partial charge in [-0.1, -0.05) is 42.0 Å². The number of aromatic nitrogens is 1. The zero-order valence-electron chi connectivity index (χ0n) is 18.0. The SMILES string of the molecule is CC(=O)C=C(C)O.[Ir].[c-]1c(-c2nc3ccccc3c3c2C2CCC3C2)oc2ccccc12. The van der Waals surface area contributed by atoms with E-state index in [-0.39, 0.29) is 31.6 Å². The summed E-state index contributed by atoms with van der Waals surface area (Å²) in [5, 5.41) is 10.7. The molecule has 0 saturated heterocycles. The van der Waals surface area contributed by atoms with Crippen LogP contribution >= 0.6 is 0 Å². The second kappa shape index (κ2) is 9.01. The van der Waals surface area contributed by atoms with Gasteiger partial charge in [0.15, 0.2) is 5.78 Å². The van der Waals surface area contributed by atoms with Crippen molar-refractivity contribution in [2.24, 2.45) is 0 Å². The van der Waals surface area contributed by atoms with Crippen molar-refractivity contribution in [2.45, 2.75) is 44.9 Å². The molecule has 2 aromatic heterocycles. The molecule has 1 saturated carbocycles. The van der Waals surface area contributed by atoms with Crippen LogP contribution in [-0.4, -0.2) is 15.9 Å². The Morgan fingerprint density at radius 2 is 1.75 bits per heavy atom. The minimum atomic E-state index is -0.125. The van der Waals surface area contributed by atoms with Crippen molar-refractivity contribution < 1.29 is 34.4 Å². The number of hydrogen-bond donors (Lipinski definition) is 1. The van der Waals surface area contributed by atoms with E-state index in [1.54, 1.807) is 0 Å². The molecule has 5 heteroatoms. The third-order valence-electron chi connectivity index (χ3n) is 6.20. The van der Waals surface area contributed by atoms with Crippen LogP contribution in [0.5, 0.6) is 0 Å². The summed E-state index contributed by atoms with van der Waals surface area (Å²) in [5.41, 5.74) is 5.94. The summed E-state index contributed by atoms with van der Waals surface area (Å²) >= 11 is 0. The Morgan fingerprint density at radius 3 is 2.44 bits per heavy atom. The van der Waals surface area contributed by atoms with E-state index in [1.807, 2.05) is 18.2 Å². The van der Waals surface area contributed by atoms with Crippen LogP contribution in [-0.2, 0) is 24.9 Å². The number of allylic oxidation sites excluding steroid dienone is 2. The number of carbonyl (C=O) groups excluding carboxylic acids is 1. The van der Waals surface area contributed by atoms with Gasteiger partial charge in [-0.3, -0.25) is 9.78 Å². The summed E-state index contributed by atoms with van der Waals surface area (Å²) in [6.45, 7) is 2.85. The third-order valence-corrected chi connectivity index (χ3v) is 6.20. The fourth-order valence-corrected chi connectivity index (χ4v) is 5.10. The van der Waals surface area contributed by atoms with E-state index in [2.05, 4.69) is 36.4 Å². The molecule has 2 heterocycles. The smallest absolute Gasteiger partial charge is 0.155 e. The first-order valence-corrected chi connectivity index (χ1v) is 10.7. The molecule has 2 bridgehead atoms. The Morgan fingerprint density at radius 1 is 1.06 bits per heavy atom. The zero-order valence-corrected chi connectivity index (χ0v) is 20.4. The molecule has 165 valence electrons. The average Bonchev–Trinajstić information content (AvgIpc) is 3.47. The summed E-state index contributed by atoms with van der Waals surface area (Å²) in [7, 11) is 0. The summed E-state index contributed by atoms with van der Waals surface area (Å²) in [6, 6.07) is 20.1. The number of aliphatic hydroxyl groups is 1. The maximum Gasteiger partial charge on any atom is 0.155 e. The van der Waals surface area contributed by atoms with E-state index in [9.17, 15) is 4.79 Å².